The molecular weight excluding hydrogens is 236 g/mol. The highest BCUT2D eigenvalue weighted by atomic mass is 32.2. The summed E-state index contributed by atoms with van der Waals surface area (Å²) in [6.45, 7) is 2.06. The predicted molar refractivity (Wildman–Crippen MR) is 68.5 cm³/mol. The molecule has 1 aliphatic heterocycles. The van der Waals surface area contributed by atoms with E-state index in [1.54, 1.807) is 23.1 Å². The Balaban J connectivity index is 2.20. The zero-order valence-corrected chi connectivity index (χ0v) is 10.5. The van der Waals surface area contributed by atoms with Crippen molar-refractivity contribution < 1.29 is 4.79 Å². The lowest BCUT2D eigenvalue weighted by Gasteiger charge is -2.04. The summed E-state index contributed by atoms with van der Waals surface area (Å²) in [6, 6.07) is 8.01. The fraction of sp³-hybridized carbons (Fsp3) is 0.154. The van der Waals surface area contributed by atoms with Crippen LogP contribution in [-0.4, -0.2) is 5.78 Å². The van der Waals surface area contributed by atoms with Crippen molar-refractivity contribution in [3.8, 4) is 0 Å². The van der Waals surface area contributed by atoms with Gasteiger partial charge in [-0.15, -0.1) is 23.1 Å². The number of aryl methyl sites for hydroxylation is 1. The second-order valence-electron chi connectivity index (χ2n) is 3.87. The van der Waals surface area contributed by atoms with Crippen molar-refractivity contribution in [3.05, 3.63) is 51.2 Å². The van der Waals surface area contributed by atoms with Crippen LogP contribution in [0.2, 0.25) is 0 Å². The van der Waals surface area contributed by atoms with Crippen molar-refractivity contribution in [2.24, 2.45) is 0 Å². The first kappa shape index (κ1) is 10.1. The fourth-order valence-corrected chi connectivity index (χ4v) is 4.01. The minimum atomic E-state index is 0.177. The molecule has 0 bridgehead atoms. The minimum absolute atomic E-state index is 0.177. The first-order valence-corrected chi connectivity index (χ1v) is 6.97. The van der Waals surface area contributed by atoms with Gasteiger partial charge in [0.2, 0.25) is 0 Å². The lowest BCUT2D eigenvalue weighted by atomic mass is 10.0. The Kier molecular flexibility index (Phi) is 2.37. The Morgan fingerprint density at radius 3 is 2.94 bits per heavy atom. The van der Waals surface area contributed by atoms with Crippen molar-refractivity contribution >= 4 is 28.9 Å². The smallest absolute Gasteiger partial charge is 0.195 e. The summed E-state index contributed by atoms with van der Waals surface area (Å²) in [5, 5.41) is 2.00. The minimum Gasteiger partial charge on any atom is -0.289 e. The van der Waals surface area contributed by atoms with Gasteiger partial charge in [-0.3, -0.25) is 4.79 Å². The molecule has 1 aromatic heterocycles. The molecule has 0 saturated carbocycles. The Morgan fingerprint density at radius 2 is 2.06 bits per heavy atom. The van der Waals surface area contributed by atoms with Gasteiger partial charge < -0.3 is 0 Å². The van der Waals surface area contributed by atoms with Crippen LogP contribution in [-0.2, 0) is 5.75 Å². The molecule has 0 amide bonds. The van der Waals surface area contributed by atoms with Gasteiger partial charge >= 0.3 is 0 Å². The van der Waals surface area contributed by atoms with E-state index in [1.165, 1.54) is 10.4 Å². The topological polar surface area (TPSA) is 17.1 Å². The number of ketones is 1. The van der Waals surface area contributed by atoms with Gasteiger partial charge in [-0.2, -0.15) is 0 Å². The summed E-state index contributed by atoms with van der Waals surface area (Å²) in [5.74, 6) is 1.09. The van der Waals surface area contributed by atoms with E-state index in [2.05, 4.69) is 13.0 Å². The highest BCUT2D eigenvalue weighted by Gasteiger charge is 2.22. The summed E-state index contributed by atoms with van der Waals surface area (Å²) >= 11 is 3.44. The lowest BCUT2D eigenvalue weighted by molar-refractivity contribution is 0.103. The third-order valence-corrected chi connectivity index (χ3v) is 4.92. The molecule has 0 saturated heterocycles. The number of thioether (sulfide) groups is 1. The highest BCUT2D eigenvalue weighted by Crippen LogP contribution is 2.36. The Morgan fingerprint density at radius 1 is 1.19 bits per heavy atom. The SMILES string of the molecule is Cc1ccc2c(c1)SCc1sccc1C2=O. The van der Waals surface area contributed by atoms with Gasteiger partial charge in [0.25, 0.3) is 0 Å². The number of rotatable bonds is 0. The van der Waals surface area contributed by atoms with Crippen molar-refractivity contribution in [2.45, 2.75) is 17.6 Å². The molecule has 80 valence electrons. The molecular formula is C13H10OS2. The van der Waals surface area contributed by atoms with Gasteiger partial charge in [-0.25, -0.2) is 0 Å². The lowest BCUT2D eigenvalue weighted by Crippen LogP contribution is -2.01. The molecule has 1 nitrogen and oxygen atoms in total. The molecule has 3 heteroatoms. The average molecular weight is 246 g/mol. The Bertz CT molecular complexity index is 569. The number of benzene rings is 1. The number of carbonyl (C=O) groups excluding carboxylic acids is 1. The third kappa shape index (κ3) is 1.51. The summed E-state index contributed by atoms with van der Waals surface area (Å²) in [7, 11) is 0. The van der Waals surface area contributed by atoms with Gasteiger partial charge in [0.05, 0.1) is 0 Å². The van der Waals surface area contributed by atoms with Gasteiger partial charge in [0.1, 0.15) is 0 Å². The van der Waals surface area contributed by atoms with E-state index >= 15 is 0 Å². The van der Waals surface area contributed by atoms with E-state index in [0.29, 0.717) is 0 Å². The van der Waals surface area contributed by atoms with Crippen LogP contribution in [0, 0.1) is 6.92 Å². The zero-order chi connectivity index (χ0) is 11.1. The average Bonchev–Trinajstić information content (AvgIpc) is 2.69. The molecule has 2 aromatic rings. The molecule has 2 heterocycles. The Hall–Kier alpha value is -1.06. The number of thiophene rings is 1. The van der Waals surface area contributed by atoms with Gasteiger partial charge in [-0.1, -0.05) is 6.07 Å². The molecule has 0 unspecified atom stereocenters. The molecule has 0 fully saturated rings. The largest absolute Gasteiger partial charge is 0.289 e. The first-order chi connectivity index (χ1) is 7.75. The third-order valence-electron chi connectivity index (χ3n) is 2.73. The molecule has 1 aromatic carbocycles. The van der Waals surface area contributed by atoms with Crippen LogP contribution in [0.15, 0.2) is 34.5 Å². The number of hydrogen-bond acceptors (Lipinski definition) is 3. The highest BCUT2D eigenvalue weighted by molar-refractivity contribution is 7.98. The van der Waals surface area contributed by atoms with Crippen LogP contribution in [0.1, 0.15) is 26.4 Å². The maximum Gasteiger partial charge on any atom is 0.195 e. The van der Waals surface area contributed by atoms with Crippen molar-refractivity contribution in [3.63, 3.8) is 0 Å². The Labute approximate surface area is 103 Å². The number of carbonyl (C=O) groups is 1. The van der Waals surface area contributed by atoms with E-state index in [4.69, 9.17) is 0 Å². The summed E-state index contributed by atoms with van der Waals surface area (Å²) in [4.78, 5) is 14.6. The maximum atomic E-state index is 12.3. The van der Waals surface area contributed by atoms with Gasteiger partial charge in [0.15, 0.2) is 5.78 Å². The monoisotopic (exact) mass is 246 g/mol. The van der Waals surface area contributed by atoms with E-state index in [0.717, 1.165) is 21.8 Å². The predicted octanol–water partition coefficient (Wildman–Crippen LogP) is 3.89. The van der Waals surface area contributed by atoms with Crippen LogP contribution >= 0.6 is 23.1 Å². The quantitative estimate of drug-likeness (QED) is 0.701. The molecule has 3 rings (SSSR count). The van der Waals surface area contributed by atoms with Gasteiger partial charge in [0, 0.05) is 26.7 Å². The van der Waals surface area contributed by atoms with E-state index in [1.807, 2.05) is 23.6 Å². The van der Waals surface area contributed by atoms with Crippen LogP contribution in [0.25, 0.3) is 0 Å². The number of fused-ring (bicyclic) bond motifs is 2. The van der Waals surface area contributed by atoms with Crippen molar-refractivity contribution in [1.29, 1.82) is 0 Å². The van der Waals surface area contributed by atoms with Gasteiger partial charge in [-0.05, 0) is 36.1 Å². The summed E-state index contributed by atoms with van der Waals surface area (Å²) in [5.41, 5.74) is 2.96. The second kappa shape index (κ2) is 3.75. The summed E-state index contributed by atoms with van der Waals surface area (Å²) < 4.78 is 0. The molecule has 16 heavy (non-hydrogen) atoms. The van der Waals surface area contributed by atoms with E-state index in [-0.39, 0.29) is 5.78 Å². The van der Waals surface area contributed by atoms with E-state index < -0.39 is 0 Å². The van der Waals surface area contributed by atoms with Crippen molar-refractivity contribution in [1.82, 2.24) is 0 Å². The standard InChI is InChI=1S/C13H10OS2/c1-8-2-3-9-11(6-8)16-7-12-10(13(9)14)4-5-15-12/h2-6H,7H2,1H3. The van der Waals surface area contributed by atoms with Crippen LogP contribution in [0.3, 0.4) is 0 Å². The number of hydrogen-bond donors (Lipinski definition) is 0. The second-order valence-corrected chi connectivity index (χ2v) is 5.89. The fourth-order valence-electron chi connectivity index (χ4n) is 1.88. The van der Waals surface area contributed by atoms with Crippen LogP contribution < -0.4 is 0 Å². The molecule has 0 N–H and O–H groups in total. The zero-order valence-electron chi connectivity index (χ0n) is 8.82. The molecule has 0 radical (unpaired) electrons. The molecule has 0 aliphatic carbocycles. The molecule has 0 spiro atoms. The molecule has 1 aliphatic rings. The molecule has 0 atom stereocenters. The first-order valence-electron chi connectivity index (χ1n) is 5.10. The van der Waals surface area contributed by atoms with Crippen molar-refractivity contribution in [2.75, 3.05) is 0 Å². The maximum absolute atomic E-state index is 12.3. The summed E-state index contributed by atoms with van der Waals surface area (Å²) in [6.07, 6.45) is 0. The normalized spacial score (nSPS) is 14.2. The van der Waals surface area contributed by atoms with E-state index in [9.17, 15) is 4.79 Å². The van der Waals surface area contributed by atoms with Crippen LogP contribution in [0.5, 0.6) is 0 Å². The van der Waals surface area contributed by atoms with Crippen LogP contribution in [0.4, 0.5) is 0 Å².